The molecule has 7 heteroatoms. The summed E-state index contributed by atoms with van der Waals surface area (Å²) >= 11 is 1.40. The van der Waals surface area contributed by atoms with Gasteiger partial charge in [0.2, 0.25) is 0 Å². The van der Waals surface area contributed by atoms with E-state index in [1.807, 2.05) is 19.2 Å². The average Bonchev–Trinajstić information content (AvgIpc) is 3.00. The second-order valence-corrected chi connectivity index (χ2v) is 6.41. The van der Waals surface area contributed by atoms with E-state index in [0.29, 0.717) is 17.1 Å². The number of aliphatic hydroxyl groups excluding tert-OH is 1. The summed E-state index contributed by atoms with van der Waals surface area (Å²) in [4.78, 5) is 4.44. The molecule has 2 unspecified atom stereocenters. The molecule has 0 spiro atoms. The van der Waals surface area contributed by atoms with Gasteiger partial charge < -0.3 is 10.4 Å². The monoisotopic (exact) mass is 344 g/mol. The largest absolute Gasteiger partial charge is 0.416 e. The first-order valence-corrected chi connectivity index (χ1v) is 8.15. The van der Waals surface area contributed by atoms with E-state index in [-0.39, 0.29) is 18.6 Å². The molecule has 0 amide bonds. The molecule has 0 saturated carbocycles. The maximum Gasteiger partial charge on any atom is 0.416 e. The molecule has 2 N–H and O–H groups in total. The standard InChI is InChI=1S/C16H19F3N2OS/c1-10(8-22)11(2)20-7-14-9-23-15(21-14)12-3-5-13(6-4-12)16(17,18)19/h3-6,9-11,20,22H,7-8H2,1-2H3. The molecule has 0 bridgehead atoms. The minimum absolute atomic E-state index is 0.113. The van der Waals surface area contributed by atoms with Crippen molar-refractivity contribution in [1.82, 2.24) is 10.3 Å². The van der Waals surface area contributed by atoms with E-state index < -0.39 is 11.7 Å². The maximum atomic E-state index is 12.6. The second kappa shape index (κ2) is 7.42. The molecule has 126 valence electrons. The van der Waals surface area contributed by atoms with Crippen LogP contribution in [0.25, 0.3) is 10.6 Å². The van der Waals surface area contributed by atoms with Gasteiger partial charge in [-0.15, -0.1) is 11.3 Å². The van der Waals surface area contributed by atoms with Crippen LogP contribution in [0.15, 0.2) is 29.6 Å². The summed E-state index contributed by atoms with van der Waals surface area (Å²) in [5.41, 5.74) is 0.847. The Morgan fingerprint density at radius 1 is 1.22 bits per heavy atom. The predicted octanol–water partition coefficient (Wildman–Crippen LogP) is 3.94. The highest BCUT2D eigenvalue weighted by Crippen LogP contribution is 2.31. The third-order valence-electron chi connectivity index (χ3n) is 3.76. The van der Waals surface area contributed by atoms with Gasteiger partial charge in [0.05, 0.1) is 11.3 Å². The number of nitrogens with one attached hydrogen (secondary N) is 1. The van der Waals surface area contributed by atoms with Crippen LogP contribution in [0.4, 0.5) is 13.2 Å². The van der Waals surface area contributed by atoms with Gasteiger partial charge in [-0.1, -0.05) is 19.1 Å². The zero-order valence-electron chi connectivity index (χ0n) is 12.9. The molecule has 2 atom stereocenters. The minimum Gasteiger partial charge on any atom is -0.396 e. The Kier molecular flexibility index (Phi) is 5.78. The number of alkyl halides is 3. The Morgan fingerprint density at radius 3 is 2.43 bits per heavy atom. The Labute approximate surface area is 137 Å². The van der Waals surface area contributed by atoms with E-state index in [9.17, 15) is 13.2 Å². The van der Waals surface area contributed by atoms with Crippen molar-refractivity contribution < 1.29 is 18.3 Å². The van der Waals surface area contributed by atoms with Crippen molar-refractivity contribution in [2.45, 2.75) is 32.6 Å². The first-order valence-electron chi connectivity index (χ1n) is 7.27. The van der Waals surface area contributed by atoms with Gasteiger partial charge in [-0.3, -0.25) is 0 Å². The molecule has 1 heterocycles. The number of nitrogens with zero attached hydrogens (tertiary/aromatic N) is 1. The fraction of sp³-hybridized carbons (Fsp3) is 0.438. The molecule has 1 aromatic heterocycles. The number of thiazole rings is 1. The molecule has 2 aromatic rings. The number of hydrogen-bond donors (Lipinski definition) is 2. The number of rotatable bonds is 6. The summed E-state index contributed by atoms with van der Waals surface area (Å²) in [6, 6.07) is 5.17. The molecular formula is C16H19F3N2OS. The number of aliphatic hydroxyl groups is 1. The van der Waals surface area contributed by atoms with Gasteiger partial charge in [-0.25, -0.2) is 4.98 Å². The number of halogens is 3. The molecule has 2 rings (SSSR count). The topological polar surface area (TPSA) is 45.1 Å². The van der Waals surface area contributed by atoms with E-state index in [1.54, 1.807) is 0 Å². The van der Waals surface area contributed by atoms with Crippen molar-refractivity contribution in [3.05, 3.63) is 40.9 Å². The van der Waals surface area contributed by atoms with Crippen LogP contribution in [0.1, 0.15) is 25.1 Å². The minimum atomic E-state index is -4.32. The third-order valence-corrected chi connectivity index (χ3v) is 4.70. The molecule has 0 aliphatic rings. The normalized spacial score (nSPS) is 14.7. The fourth-order valence-electron chi connectivity index (χ4n) is 1.95. The van der Waals surface area contributed by atoms with Crippen molar-refractivity contribution in [3.63, 3.8) is 0 Å². The van der Waals surface area contributed by atoms with Crippen LogP contribution in [-0.2, 0) is 12.7 Å². The van der Waals surface area contributed by atoms with Gasteiger partial charge >= 0.3 is 6.18 Å². The number of hydrogen-bond acceptors (Lipinski definition) is 4. The highest BCUT2D eigenvalue weighted by Gasteiger charge is 2.30. The molecule has 0 fully saturated rings. The molecular weight excluding hydrogens is 325 g/mol. The zero-order valence-corrected chi connectivity index (χ0v) is 13.7. The Morgan fingerprint density at radius 2 is 1.87 bits per heavy atom. The molecule has 0 saturated heterocycles. The van der Waals surface area contributed by atoms with Crippen molar-refractivity contribution >= 4 is 11.3 Å². The summed E-state index contributed by atoms with van der Waals surface area (Å²) in [6.45, 7) is 4.61. The Bertz CT molecular complexity index is 625. The summed E-state index contributed by atoms with van der Waals surface area (Å²) in [6.07, 6.45) is -4.32. The van der Waals surface area contributed by atoms with Gasteiger partial charge in [0.25, 0.3) is 0 Å². The van der Waals surface area contributed by atoms with Crippen LogP contribution in [0.5, 0.6) is 0 Å². The Balaban J connectivity index is 2.02. The van der Waals surface area contributed by atoms with Crippen LogP contribution in [0.2, 0.25) is 0 Å². The van der Waals surface area contributed by atoms with Gasteiger partial charge in [0.15, 0.2) is 0 Å². The van der Waals surface area contributed by atoms with Crippen molar-refractivity contribution in [1.29, 1.82) is 0 Å². The molecule has 0 aliphatic heterocycles. The lowest BCUT2D eigenvalue weighted by molar-refractivity contribution is -0.137. The lowest BCUT2D eigenvalue weighted by Gasteiger charge is -2.18. The highest BCUT2D eigenvalue weighted by molar-refractivity contribution is 7.13. The quantitative estimate of drug-likeness (QED) is 0.834. The SMILES string of the molecule is CC(CO)C(C)NCc1csc(-c2ccc(C(F)(F)F)cc2)n1. The molecule has 0 aliphatic carbocycles. The van der Waals surface area contributed by atoms with Crippen molar-refractivity contribution in [3.8, 4) is 10.6 Å². The van der Waals surface area contributed by atoms with Crippen molar-refractivity contribution in [2.75, 3.05) is 6.61 Å². The highest BCUT2D eigenvalue weighted by atomic mass is 32.1. The van der Waals surface area contributed by atoms with Gasteiger partial charge in [0, 0.05) is 30.1 Å². The molecule has 0 radical (unpaired) electrons. The lowest BCUT2D eigenvalue weighted by atomic mass is 10.1. The maximum absolute atomic E-state index is 12.6. The first kappa shape index (κ1) is 17.9. The second-order valence-electron chi connectivity index (χ2n) is 5.55. The van der Waals surface area contributed by atoms with E-state index in [4.69, 9.17) is 5.11 Å². The number of benzene rings is 1. The number of aromatic nitrogens is 1. The van der Waals surface area contributed by atoms with Crippen LogP contribution in [0, 0.1) is 5.92 Å². The fourth-order valence-corrected chi connectivity index (χ4v) is 2.77. The first-order chi connectivity index (χ1) is 10.8. The summed E-state index contributed by atoms with van der Waals surface area (Å²) in [7, 11) is 0. The summed E-state index contributed by atoms with van der Waals surface area (Å²) < 4.78 is 37.7. The zero-order chi connectivity index (χ0) is 17.0. The van der Waals surface area contributed by atoms with E-state index in [0.717, 1.165) is 17.8 Å². The van der Waals surface area contributed by atoms with E-state index >= 15 is 0 Å². The molecule has 23 heavy (non-hydrogen) atoms. The van der Waals surface area contributed by atoms with Crippen LogP contribution < -0.4 is 5.32 Å². The van der Waals surface area contributed by atoms with Crippen LogP contribution in [0.3, 0.4) is 0 Å². The molecule has 3 nitrogen and oxygen atoms in total. The van der Waals surface area contributed by atoms with E-state index in [2.05, 4.69) is 10.3 Å². The van der Waals surface area contributed by atoms with Crippen molar-refractivity contribution in [2.24, 2.45) is 5.92 Å². The molecule has 1 aromatic carbocycles. The van der Waals surface area contributed by atoms with Gasteiger partial charge in [-0.2, -0.15) is 13.2 Å². The van der Waals surface area contributed by atoms with Gasteiger partial charge in [0.1, 0.15) is 5.01 Å². The van der Waals surface area contributed by atoms with E-state index in [1.165, 1.54) is 23.5 Å². The summed E-state index contributed by atoms with van der Waals surface area (Å²) in [5.74, 6) is 0.142. The van der Waals surface area contributed by atoms with Crippen LogP contribution in [-0.4, -0.2) is 22.7 Å². The van der Waals surface area contributed by atoms with Gasteiger partial charge in [-0.05, 0) is 25.0 Å². The predicted molar refractivity (Wildman–Crippen MR) is 85.1 cm³/mol. The Hall–Kier alpha value is -1.44. The lowest BCUT2D eigenvalue weighted by Crippen LogP contribution is -2.33. The average molecular weight is 344 g/mol. The van der Waals surface area contributed by atoms with Crippen LogP contribution >= 0.6 is 11.3 Å². The summed E-state index contributed by atoms with van der Waals surface area (Å²) in [5, 5.41) is 15.0. The third kappa shape index (κ3) is 4.76. The smallest absolute Gasteiger partial charge is 0.396 e.